The number of carboxylic acids is 1. The Morgan fingerprint density at radius 3 is 2.52 bits per heavy atom. The molecule has 0 bridgehead atoms. The minimum Gasteiger partial charge on any atom is -0.492 e. The number of benzene rings is 1. The first kappa shape index (κ1) is 15.4. The van der Waals surface area contributed by atoms with Gasteiger partial charge in [-0.05, 0) is 37.0 Å². The highest BCUT2D eigenvalue weighted by molar-refractivity contribution is 6.00. The van der Waals surface area contributed by atoms with Crippen LogP contribution in [0.25, 0.3) is 0 Å². The second kappa shape index (κ2) is 5.39. The highest BCUT2D eigenvalue weighted by Gasteiger charge is 2.65. The lowest BCUT2D eigenvalue weighted by molar-refractivity contribution is -0.140. The molecule has 1 aliphatic rings. The van der Waals surface area contributed by atoms with Gasteiger partial charge in [0.05, 0.1) is 24.1 Å². The molecule has 2 N–H and O–H groups in total. The molecular formula is C16H21NO4. The van der Waals surface area contributed by atoms with E-state index in [9.17, 15) is 9.59 Å². The number of hydrogen-bond donors (Lipinski definition) is 2. The van der Waals surface area contributed by atoms with Gasteiger partial charge in [0, 0.05) is 0 Å². The zero-order chi connectivity index (χ0) is 15.8. The molecule has 1 fully saturated rings. The third kappa shape index (κ3) is 2.86. The number of hydrogen-bond acceptors (Lipinski definition) is 3. The Kier molecular flexibility index (Phi) is 3.94. The van der Waals surface area contributed by atoms with Gasteiger partial charge in [0.25, 0.3) is 0 Å². The predicted molar refractivity (Wildman–Crippen MR) is 79.4 cm³/mol. The van der Waals surface area contributed by atoms with E-state index in [2.05, 4.69) is 5.32 Å². The molecule has 1 aliphatic carbocycles. The van der Waals surface area contributed by atoms with E-state index in [1.165, 1.54) is 0 Å². The van der Waals surface area contributed by atoms with E-state index >= 15 is 0 Å². The lowest BCUT2D eigenvalue weighted by Crippen LogP contribution is -2.18. The van der Waals surface area contributed by atoms with Crippen molar-refractivity contribution in [2.24, 2.45) is 17.3 Å². The van der Waals surface area contributed by atoms with Crippen molar-refractivity contribution in [3.63, 3.8) is 0 Å². The van der Waals surface area contributed by atoms with E-state index in [1.54, 1.807) is 19.9 Å². The second-order valence-corrected chi connectivity index (χ2v) is 6.04. The smallest absolute Gasteiger partial charge is 0.307 e. The Labute approximate surface area is 124 Å². The molecular weight excluding hydrogens is 270 g/mol. The fraction of sp³-hybridized carbons (Fsp3) is 0.500. The maximum atomic E-state index is 12.3. The van der Waals surface area contributed by atoms with Crippen LogP contribution in [-0.2, 0) is 9.59 Å². The molecule has 0 spiro atoms. The molecule has 114 valence electrons. The highest BCUT2D eigenvalue weighted by Crippen LogP contribution is 2.58. The summed E-state index contributed by atoms with van der Waals surface area (Å²) in [5.74, 6) is -1.72. The Bertz CT molecular complexity index is 580. The molecule has 21 heavy (non-hydrogen) atoms. The standard InChI is InChI=1S/C16H21NO4/c1-5-21-11-8-9(2)6-7-10(11)17-14(18)12-13(15(19)20)16(12,3)4/h6-8,12-13H,5H2,1-4H3,(H,17,18)(H,19,20)/t12-,13+/m1/s1. The first-order valence-electron chi connectivity index (χ1n) is 7.06. The normalized spacial score (nSPS) is 22.5. The van der Waals surface area contributed by atoms with E-state index in [-0.39, 0.29) is 5.91 Å². The minimum atomic E-state index is -0.922. The predicted octanol–water partition coefficient (Wildman–Crippen LogP) is 2.69. The summed E-state index contributed by atoms with van der Waals surface area (Å²) in [6.45, 7) is 7.92. The maximum absolute atomic E-state index is 12.3. The summed E-state index contributed by atoms with van der Waals surface area (Å²) < 4.78 is 5.51. The van der Waals surface area contributed by atoms with Crippen LogP contribution >= 0.6 is 0 Å². The number of nitrogens with one attached hydrogen (secondary N) is 1. The van der Waals surface area contributed by atoms with Gasteiger partial charge in [-0.2, -0.15) is 0 Å². The largest absolute Gasteiger partial charge is 0.492 e. The summed E-state index contributed by atoms with van der Waals surface area (Å²) in [6, 6.07) is 5.51. The fourth-order valence-corrected chi connectivity index (χ4v) is 2.81. The fourth-order valence-electron chi connectivity index (χ4n) is 2.81. The minimum absolute atomic E-state index is 0.266. The van der Waals surface area contributed by atoms with Crippen molar-refractivity contribution in [2.45, 2.75) is 27.7 Å². The third-order valence-corrected chi connectivity index (χ3v) is 4.07. The van der Waals surface area contributed by atoms with Gasteiger partial charge >= 0.3 is 5.97 Å². The van der Waals surface area contributed by atoms with Crippen LogP contribution in [0.3, 0.4) is 0 Å². The molecule has 1 amide bonds. The molecule has 2 atom stereocenters. The molecule has 5 nitrogen and oxygen atoms in total. The number of carbonyl (C=O) groups excluding carboxylic acids is 1. The number of carboxylic acid groups (broad SMARTS) is 1. The average molecular weight is 291 g/mol. The summed E-state index contributed by atoms with van der Waals surface area (Å²) in [5.41, 5.74) is 1.11. The van der Waals surface area contributed by atoms with Crippen LogP contribution in [0.5, 0.6) is 5.75 Å². The number of rotatable bonds is 5. The first-order valence-corrected chi connectivity index (χ1v) is 7.06. The van der Waals surface area contributed by atoms with E-state index in [4.69, 9.17) is 9.84 Å². The zero-order valence-corrected chi connectivity index (χ0v) is 12.8. The molecule has 2 rings (SSSR count). The van der Waals surface area contributed by atoms with E-state index in [0.717, 1.165) is 5.56 Å². The monoisotopic (exact) mass is 291 g/mol. The number of ether oxygens (including phenoxy) is 1. The molecule has 0 aliphatic heterocycles. The number of carbonyl (C=O) groups is 2. The molecule has 0 radical (unpaired) electrons. The van der Waals surface area contributed by atoms with Crippen LogP contribution < -0.4 is 10.1 Å². The first-order chi connectivity index (χ1) is 9.78. The lowest BCUT2D eigenvalue weighted by Gasteiger charge is -2.12. The highest BCUT2D eigenvalue weighted by atomic mass is 16.5. The van der Waals surface area contributed by atoms with Gasteiger partial charge in [0.1, 0.15) is 5.75 Å². The van der Waals surface area contributed by atoms with Crippen LogP contribution in [0, 0.1) is 24.2 Å². The molecule has 0 unspecified atom stereocenters. The Morgan fingerprint density at radius 2 is 2.00 bits per heavy atom. The van der Waals surface area contributed by atoms with Crippen LogP contribution in [-0.4, -0.2) is 23.6 Å². The molecule has 1 aromatic carbocycles. The van der Waals surface area contributed by atoms with Crippen molar-refractivity contribution in [1.82, 2.24) is 0 Å². The van der Waals surface area contributed by atoms with Crippen molar-refractivity contribution < 1.29 is 19.4 Å². The lowest BCUT2D eigenvalue weighted by atomic mass is 10.1. The molecule has 5 heteroatoms. The van der Waals surface area contributed by atoms with Crippen molar-refractivity contribution in [3.05, 3.63) is 23.8 Å². The third-order valence-electron chi connectivity index (χ3n) is 4.07. The summed E-state index contributed by atoms with van der Waals surface area (Å²) >= 11 is 0. The van der Waals surface area contributed by atoms with Crippen molar-refractivity contribution in [2.75, 3.05) is 11.9 Å². The molecule has 0 heterocycles. The van der Waals surface area contributed by atoms with Gasteiger partial charge in [0.2, 0.25) is 5.91 Å². The van der Waals surface area contributed by atoms with Gasteiger partial charge in [-0.25, -0.2) is 0 Å². The number of amides is 1. The summed E-state index contributed by atoms with van der Waals surface area (Å²) in [6.07, 6.45) is 0. The number of anilines is 1. The van der Waals surface area contributed by atoms with Crippen molar-refractivity contribution >= 4 is 17.6 Å². The van der Waals surface area contributed by atoms with Gasteiger partial charge in [0.15, 0.2) is 0 Å². The summed E-state index contributed by atoms with van der Waals surface area (Å²) in [4.78, 5) is 23.5. The number of aliphatic carboxylic acids is 1. The topological polar surface area (TPSA) is 75.6 Å². The van der Waals surface area contributed by atoms with Gasteiger partial charge in [-0.3, -0.25) is 9.59 Å². The number of aryl methyl sites for hydroxylation is 1. The zero-order valence-electron chi connectivity index (χ0n) is 12.8. The molecule has 1 aromatic rings. The SMILES string of the molecule is CCOc1cc(C)ccc1NC(=O)[C@H]1[C@@H](C(=O)O)C1(C)C. The molecule has 0 aromatic heterocycles. The van der Waals surface area contributed by atoms with Crippen LogP contribution in [0.4, 0.5) is 5.69 Å². The van der Waals surface area contributed by atoms with E-state index < -0.39 is 23.2 Å². The quantitative estimate of drug-likeness (QED) is 0.874. The molecule has 1 saturated carbocycles. The van der Waals surface area contributed by atoms with Crippen molar-refractivity contribution in [3.8, 4) is 5.75 Å². The Hall–Kier alpha value is -2.04. The Balaban J connectivity index is 2.16. The van der Waals surface area contributed by atoms with Crippen LogP contribution in [0.1, 0.15) is 26.3 Å². The second-order valence-electron chi connectivity index (χ2n) is 6.04. The van der Waals surface area contributed by atoms with Crippen LogP contribution in [0.2, 0.25) is 0 Å². The van der Waals surface area contributed by atoms with Gasteiger partial charge in [-0.1, -0.05) is 19.9 Å². The van der Waals surface area contributed by atoms with Crippen molar-refractivity contribution in [1.29, 1.82) is 0 Å². The maximum Gasteiger partial charge on any atom is 0.307 e. The summed E-state index contributed by atoms with van der Waals surface area (Å²) in [7, 11) is 0. The van der Waals surface area contributed by atoms with Crippen LogP contribution in [0.15, 0.2) is 18.2 Å². The van der Waals surface area contributed by atoms with E-state index in [1.807, 2.05) is 26.0 Å². The molecule has 0 saturated heterocycles. The van der Waals surface area contributed by atoms with E-state index in [0.29, 0.717) is 18.0 Å². The summed E-state index contributed by atoms with van der Waals surface area (Å²) in [5, 5.41) is 11.9. The Morgan fingerprint density at radius 1 is 1.33 bits per heavy atom. The average Bonchev–Trinajstić information content (AvgIpc) is 2.96. The van der Waals surface area contributed by atoms with Gasteiger partial charge < -0.3 is 15.2 Å². The van der Waals surface area contributed by atoms with Gasteiger partial charge in [-0.15, -0.1) is 0 Å².